The number of thiazole rings is 1. The molecule has 0 aromatic carbocycles. The molecule has 0 spiro atoms. The molecule has 0 saturated heterocycles. The molecular formula is C14H21N7S. The summed E-state index contributed by atoms with van der Waals surface area (Å²) in [5.74, 6) is 2.91. The van der Waals surface area contributed by atoms with Gasteiger partial charge in [0.05, 0.1) is 23.8 Å². The molecule has 0 radical (unpaired) electrons. The van der Waals surface area contributed by atoms with Crippen LogP contribution in [0, 0.1) is 6.92 Å². The summed E-state index contributed by atoms with van der Waals surface area (Å²) in [6, 6.07) is 0. The Hall–Kier alpha value is -1.96. The monoisotopic (exact) mass is 319 g/mol. The molecule has 0 bridgehead atoms. The summed E-state index contributed by atoms with van der Waals surface area (Å²) in [6.07, 6.45) is 2.19. The van der Waals surface area contributed by atoms with Crippen LogP contribution in [0.15, 0.2) is 10.4 Å². The third kappa shape index (κ3) is 3.11. The van der Waals surface area contributed by atoms with Crippen LogP contribution in [0.1, 0.15) is 28.8 Å². The highest BCUT2D eigenvalue weighted by atomic mass is 32.1. The van der Waals surface area contributed by atoms with Gasteiger partial charge in [-0.3, -0.25) is 4.99 Å². The van der Waals surface area contributed by atoms with Gasteiger partial charge >= 0.3 is 0 Å². The van der Waals surface area contributed by atoms with Crippen molar-refractivity contribution in [3.8, 4) is 0 Å². The lowest BCUT2D eigenvalue weighted by molar-refractivity contribution is 0.468. The van der Waals surface area contributed by atoms with Gasteiger partial charge in [0.15, 0.2) is 11.8 Å². The fourth-order valence-electron chi connectivity index (χ4n) is 2.68. The molecule has 0 aliphatic carbocycles. The molecule has 1 N–H and O–H groups in total. The Kier molecular flexibility index (Phi) is 4.37. The number of aryl methyl sites for hydroxylation is 2. The van der Waals surface area contributed by atoms with E-state index >= 15 is 0 Å². The van der Waals surface area contributed by atoms with Gasteiger partial charge in [0.25, 0.3) is 0 Å². The molecule has 0 unspecified atom stereocenters. The van der Waals surface area contributed by atoms with Crippen molar-refractivity contribution < 1.29 is 0 Å². The zero-order valence-corrected chi connectivity index (χ0v) is 14.0. The Labute approximate surface area is 134 Å². The van der Waals surface area contributed by atoms with Crippen molar-refractivity contribution in [2.24, 2.45) is 4.99 Å². The molecule has 0 saturated carbocycles. The molecule has 22 heavy (non-hydrogen) atoms. The number of hydrogen-bond acceptors (Lipinski definition) is 5. The molecule has 8 heteroatoms. The number of rotatable bonds is 4. The molecular weight excluding hydrogens is 298 g/mol. The topological polar surface area (TPSA) is 71.2 Å². The molecule has 7 nitrogen and oxygen atoms in total. The molecule has 1 aliphatic heterocycles. The number of guanidine groups is 1. The number of aliphatic imine (C=N–C) groups is 1. The lowest BCUT2D eigenvalue weighted by Gasteiger charge is -2.21. The van der Waals surface area contributed by atoms with Gasteiger partial charge in [-0.2, -0.15) is 0 Å². The lowest BCUT2D eigenvalue weighted by Crippen LogP contribution is -2.38. The van der Waals surface area contributed by atoms with Crippen LogP contribution in [0.2, 0.25) is 0 Å². The summed E-state index contributed by atoms with van der Waals surface area (Å²) in [4.78, 5) is 10.9. The normalized spacial score (nSPS) is 14.2. The van der Waals surface area contributed by atoms with Crippen LogP contribution in [-0.4, -0.2) is 44.7 Å². The fraction of sp³-hybridized carbons (Fsp3) is 0.571. The minimum Gasteiger partial charge on any atom is -0.349 e. The van der Waals surface area contributed by atoms with Crippen molar-refractivity contribution in [3.63, 3.8) is 0 Å². The van der Waals surface area contributed by atoms with E-state index in [-0.39, 0.29) is 0 Å². The first kappa shape index (κ1) is 15.0. The van der Waals surface area contributed by atoms with Crippen LogP contribution in [0.3, 0.4) is 0 Å². The van der Waals surface area contributed by atoms with Gasteiger partial charge in [-0.05, 0) is 13.3 Å². The van der Waals surface area contributed by atoms with Crippen molar-refractivity contribution in [2.45, 2.75) is 39.4 Å². The van der Waals surface area contributed by atoms with Crippen LogP contribution in [0.5, 0.6) is 0 Å². The maximum Gasteiger partial charge on any atom is 0.194 e. The molecule has 0 atom stereocenters. The Morgan fingerprint density at radius 2 is 2.36 bits per heavy atom. The Morgan fingerprint density at radius 3 is 3.09 bits per heavy atom. The first-order valence-corrected chi connectivity index (χ1v) is 8.29. The number of hydrogen-bond donors (Lipinski definition) is 1. The maximum atomic E-state index is 4.49. The van der Waals surface area contributed by atoms with Crippen molar-refractivity contribution in [2.75, 3.05) is 14.1 Å². The minimum absolute atomic E-state index is 0.639. The maximum absolute atomic E-state index is 4.49. The zero-order valence-electron chi connectivity index (χ0n) is 13.2. The third-order valence-electron chi connectivity index (χ3n) is 3.73. The van der Waals surface area contributed by atoms with Crippen molar-refractivity contribution in [1.82, 2.24) is 30.0 Å². The number of fused-ring (bicyclic) bond motifs is 1. The Bertz CT molecular complexity index is 673. The van der Waals surface area contributed by atoms with E-state index < -0.39 is 0 Å². The van der Waals surface area contributed by atoms with Crippen molar-refractivity contribution in [3.05, 3.63) is 27.7 Å². The molecule has 1 aliphatic rings. The molecule has 2 aromatic heterocycles. The van der Waals surface area contributed by atoms with E-state index in [9.17, 15) is 0 Å². The van der Waals surface area contributed by atoms with Gasteiger partial charge in [-0.1, -0.05) is 0 Å². The largest absolute Gasteiger partial charge is 0.349 e. The fourth-order valence-corrected chi connectivity index (χ4v) is 3.29. The highest BCUT2D eigenvalue weighted by Gasteiger charge is 2.17. The van der Waals surface area contributed by atoms with E-state index in [0.29, 0.717) is 6.54 Å². The summed E-state index contributed by atoms with van der Waals surface area (Å²) in [5, 5.41) is 15.0. The SMILES string of the molecule is CN=C(NCc1nnc2n1CCC2)N(C)Cc1csc(C)n1. The summed E-state index contributed by atoms with van der Waals surface area (Å²) < 4.78 is 2.20. The van der Waals surface area contributed by atoms with Crippen molar-refractivity contribution >= 4 is 17.3 Å². The van der Waals surface area contributed by atoms with E-state index in [1.807, 2.05) is 14.0 Å². The van der Waals surface area contributed by atoms with E-state index in [1.54, 1.807) is 18.4 Å². The minimum atomic E-state index is 0.639. The highest BCUT2D eigenvalue weighted by molar-refractivity contribution is 7.09. The van der Waals surface area contributed by atoms with E-state index in [1.165, 1.54) is 0 Å². The van der Waals surface area contributed by atoms with Crippen LogP contribution in [0.4, 0.5) is 0 Å². The standard InChI is InChI=1S/C14H21N7S/c1-10-17-11(9-22-10)8-20(3)14(15-2)16-7-13-19-18-12-5-4-6-21(12)13/h9H,4-8H2,1-3H3,(H,15,16). The number of nitrogens with one attached hydrogen (secondary N) is 1. The average Bonchev–Trinajstić information content (AvgIpc) is 3.18. The van der Waals surface area contributed by atoms with Gasteiger partial charge in [0.1, 0.15) is 5.82 Å². The van der Waals surface area contributed by atoms with Crippen LogP contribution >= 0.6 is 11.3 Å². The molecule has 0 amide bonds. The van der Waals surface area contributed by atoms with Crippen molar-refractivity contribution in [1.29, 1.82) is 0 Å². The smallest absolute Gasteiger partial charge is 0.194 e. The Morgan fingerprint density at radius 1 is 1.50 bits per heavy atom. The summed E-state index contributed by atoms with van der Waals surface area (Å²) >= 11 is 1.67. The Balaban J connectivity index is 1.59. The predicted molar refractivity (Wildman–Crippen MR) is 86.9 cm³/mol. The van der Waals surface area contributed by atoms with E-state index in [2.05, 4.69) is 40.3 Å². The van der Waals surface area contributed by atoms with Gasteiger partial charge in [0, 0.05) is 32.4 Å². The predicted octanol–water partition coefficient (Wildman–Crippen LogP) is 1.20. The van der Waals surface area contributed by atoms with Gasteiger partial charge in [0.2, 0.25) is 0 Å². The van der Waals surface area contributed by atoms with E-state index in [4.69, 9.17) is 0 Å². The number of nitrogens with zero attached hydrogens (tertiary/aromatic N) is 6. The number of aromatic nitrogens is 4. The summed E-state index contributed by atoms with van der Waals surface area (Å²) in [5.41, 5.74) is 1.07. The first-order chi connectivity index (χ1) is 10.7. The van der Waals surface area contributed by atoms with Crippen LogP contribution in [0.25, 0.3) is 0 Å². The second-order valence-corrected chi connectivity index (χ2v) is 6.46. The van der Waals surface area contributed by atoms with Gasteiger partial charge < -0.3 is 14.8 Å². The first-order valence-electron chi connectivity index (χ1n) is 7.41. The molecule has 2 aromatic rings. The van der Waals surface area contributed by atoms with E-state index in [0.717, 1.165) is 54.2 Å². The van der Waals surface area contributed by atoms with Gasteiger partial charge in [-0.25, -0.2) is 4.98 Å². The summed E-state index contributed by atoms with van der Waals surface area (Å²) in [7, 11) is 3.80. The second-order valence-electron chi connectivity index (χ2n) is 5.40. The zero-order chi connectivity index (χ0) is 15.5. The summed E-state index contributed by atoms with van der Waals surface area (Å²) in [6.45, 7) is 4.42. The van der Waals surface area contributed by atoms with Crippen LogP contribution < -0.4 is 5.32 Å². The molecule has 0 fully saturated rings. The van der Waals surface area contributed by atoms with Gasteiger partial charge in [-0.15, -0.1) is 21.5 Å². The quantitative estimate of drug-likeness (QED) is 0.677. The average molecular weight is 319 g/mol. The molecule has 118 valence electrons. The molecule has 3 heterocycles. The second kappa shape index (κ2) is 6.43. The lowest BCUT2D eigenvalue weighted by atomic mass is 10.4. The van der Waals surface area contributed by atoms with Crippen LogP contribution in [-0.2, 0) is 26.1 Å². The highest BCUT2D eigenvalue weighted by Crippen LogP contribution is 2.14. The molecule has 3 rings (SSSR count). The third-order valence-corrected chi connectivity index (χ3v) is 4.55.